The summed E-state index contributed by atoms with van der Waals surface area (Å²) >= 11 is 1.88. The van der Waals surface area contributed by atoms with Gasteiger partial charge < -0.3 is 45.0 Å². The highest BCUT2D eigenvalue weighted by atomic mass is 32.2. The molecule has 0 spiro atoms. The Kier molecular flexibility index (Phi) is 19.2. The number of ether oxygens (including phenoxy) is 5. The maximum atomic E-state index is 14.2. The Labute approximate surface area is 370 Å². The zero-order valence-corrected chi connectivity index (χ0v) is 35.3. The molecule has 5 rings (SSSR count). The summed E-state index contributed by atoms with van der Waals surface area (Å²) < 4.78 is 137. The molecular weight excluding hydrogens is 905 g/mol. The van der Waals surface area contributed by atoms with Crippen LogP contribution in [0.4, 0.5) is 39.9 Å². The Bertz CT molecular complexity index is 2060. The van der Waals surface area contributed by atoms with Crippen LogP contribution in [0.1, 0.15) is 76.0 Å². The second kappa shape index (κ2) is 24.7. The molecule has 354 valence electrons. The number of urea groups is 1. The van der Waals surface area contributed by atoms with Crippen molar-refractivity contribution in [2.45, 2.75) is 62.3 Å². The quantitative estimate of drug-likeness (QED) is 0.0195. The number of benzene rings is 3. The lowest BCUT2D eigenvalue weighted by Gasteiger charge is -2.16. The lowest BCUT2D eigenvalue weighted by atomic mass is 10.0. The first-order valence-electron chi connectivity index (χ1n) is 20.4. The Balaban J connectivity index is 0.961. The largest absolute Gasteiger partial charge is 0.416 e. The van der Waals surface area contributed by atoms with Gasteiger partial charge in [-0.1, -0.05) is 12.8 Å². The number of hydrogen-bond acceptors (Lipinski definition) is 11. The fraction of sp³-hybridized carbons (Fsp3) is 0.452. The average Bonchev–Trinajstić information content (AvgIpc) is 3.84. The van der Waals surface area contributed by atoms with E-state index in [1.165, 1.54) is 0 Å². The van der Waals surface area contributed by atoms with Crippen molar-refractivity contribution in [3.05, 3.63) is 93.6 Å². The fourth-order valence-corrected chi connectivity index (χ4v) is 8.08. The minimum atomic E-state index is -2.11. The molecule has 14 nitrogen and oxygen atoms in total. The third-order valence-electron chi connectivity index (χ3n) is 9.81. The van der Waals surface area contributed by atoms with Gasteiger partial charge in [0.25, 0.3) is 5.91 Å². The molecule has 2 saturated heterocycles. The SMILES string of the molecule is O=C(CCCCCC1SCC2NC(=O)NC21)NCCCOCCOCCOCCCNC(=O)c1cc(C(=O)Oc2c(F)c(F)cc(F)c2F)cc(C(=O)Oc2c(F)c(F)cc(F)c2F)c1. The number of halogens is 8. The molecule has 23 heteroatoms. The van der Waals surface area contributed by atoms with Crippen molar-refractivity contribution in [1.29, 1.82) is 0 Å². The highest BCUT2D eigenvalue weighted by Gasteiger charge is 2.42. The molecule has 0 bridgehead atoms. The molecule has 2 aliphatic rings. The molecule has 4 amide bonds. The molecule has 4 N–H and O–H groups in total. The van der Waals surface area contributed by atoms with Gasteiger partial charge in [0, 0.05) is 61.4 Å². The van der Waals surface area contributed by atoms with Gasteiger partial charge in [0.05, 0.1) is 49.6 Å². The molecule has 2 fully saturated rings. The van der Waals surface area contributed by atoms with Crippen molar-refractivity contribution < 1.29 is 82.8 Å². The van der Waals surface area contributed by atoms with Crippen LogP contribution in [-0.2, 0) is 19.0 Å². The lowest BCUT2D eigenvalue weighted by Crippen LogP contribution is -2.36. The van der Waals surface area contributed by atoms with Gasteiger partial charge in [-0.2, -0.15) is 29.3 Å². The molecule has 0 saturated carbocycles. The van der Waals surface area contributed by atoms with Crippen molar-refractivity contribution in [3.8, 4) is 11.5 Å². The van der Waals surface area contributed by atoms with Crippen LogP contribution in [0, 0.1) is 46.5 Å². The van der Waals surface area contributed by atoms with Gasteiger partial charge in [-0.05, 0) is 43.9 Å². The molecule has 3 aromatic carbocycles. The highest BCUT2D eigenvalue weighted by Crippen LogP contribution is 2.33. The van der Waals surface area contributed by atoms with E-state index in [0.29, 0.717) is 43.9 Å². The summed E-state index contributed by atoms with van der Waals surface area (Å²) in [7, 11) is 0. The highest BCUT2D eigenvalue weighted by molar-refractivity contribution is 8.00. The van der Waals surface area contributed by atoms with E-state index in [9.17, 15) is 59.1 Å². The molecule has 3 unspecified atom stereocenters. The molecule has 3 aromatic rings. The maximum absolute atomic E-state index is 14.2. The van der Waals surface area contributed by atoms with E-state index in [1.54, 1.807) is 0 Å². The minimum absolute atomic E-state index is 0.0102. The zero-order chi connectivity index (χ0) is 47.0. The molecular formula is C42H44F8N4O10S. The summed E-state index contributed by atoms with van der Waals surface area (Å²) in [6, 6.07) is 1.97. The summed E-state index contributed by atoms with van der Waals surface area (Å²) in [6.07, 6.45) is 5.04. The van der Waals surface area contributed by atoms with Gasteiger partial charge in [-0.15, -0.1) is 0 Å². The number of carbonyl (C=O) groups excluding carboxylic acids is 5. The first-order valence-corrected chi connectivity index (χ1v) is 21.4. The number of carbonyl (C=O) groups is 5. The Morgan fingerprint density at radius 1 is 0.585 bits per heavy atom. The van der Waals surface area contributed by atoms with Crippen molar-refractivity contribution >= 4 is 41.5 Å². The third kappa shape index (κ3) is 14.5. The predicted octanol–water partition coefficient (Wildman–Crippen LogP) is 6.03. The van der Waals surface area contributed by atoms with E-state index in [0.717, 1.165) is 43.6 Å². The standard InChI is InChI=1S/C42H44F8N4O10S/c43-25-19-26(44)33(48)37(32(25)47)63-40(57)23-16-22(17-24(18-23)41(58)64-38-34(49)27(45)20-28(46)35(38)50)39(56)52-9-5-11-61-13-15-62-14-12-60-10-4-8-51-31(55)7-3-1-2-6-30-36-29(21-65-30)53-42(59)54-36/h16-20,29-30,36H,1-15,21H2,(H,51,55)(H,52,56)(H2,53,54,59). The number of rotatable bonds is 25. The van der Waals surface area contributed by atoms with Crippen molar-refractivity contribution in [2.24, 2.45) is 0 Å². The summed E-state index contributed by atoms with van der Waals surface area (Å²) in [5, 5.41) is 11.6. The zero-order valence-electron chi connectivity index (χ0n) is 34.4. The van der Waals surface area contributed by atoms with E-state index in [1.807, 2.05) is 11.8 Å². The number of nitrogens with one attached hydrogen (secondary N) is 4. The summed E-state index contributed by atoms with van der Waals surface area (Å²) in [5.74, 6) is -23.4. The van der Waals surface area contributed by atoms with Gasteiger partial charge >= 0.3 is 18.0 Å². The van der Waals surface area contributed by atoms with Crippen LogP contribution < -0.4 is 30.7 Å². The predicted molar refractivity (Wildman–Crippen MR) is 215 cm³/mol. The number of amides is 4. The van der Waals surface area contributed by atoms with Gasteiger partial charge in [-0.25, -0.2) is 31.9 Å². The number of thioether (sulfide) groups is 1. The summed E-state index contributed by atoms with van der Waals surface area (Å²) in [5.41, 5.74) is -2.30. The summed E-state index contributed by atoms with van der Waals surface area (Å²) in [6.45, 7) is 1.95. The molecule has 0 radical (unpaired) electrons. The molecule has 0 aromatic heterocycles. The van der Waals surface area contributed by atoms with E-state index >= 15 is 0 Å². The van der Waals surface area contributed by atoms with E-state index in [4.69, 9.17) is 14.2 Å². The average molecular weight is 949 g/mol. The van der Waals surface area contributed by atoms with Gasteiger partial charge in [-0.3, -0.25) is 9.59 Å². The number of hydrogen-bond donors (Lipinski definition) is 4. The van der Waals surface area contributed by atoms with Crippen LogP contribution in [0.3, 0.4) is 0 Å². The molecule has 3 atom stereocenters. The number of esters is 2. The number of unbranched alkanes of at least 4 members (excludes halogenated alkanes) is 2. The van der Waals surface area contributed by atoms with Crippen LogP contribution in [0.2, 0.25) is 0 Å². The van der Waals surface area contributed by atoms with E-state index in [-0.39, 0.29) is 75.5 Å². The van der Waals surface area contributed by atoms with Crippen LogP contribution in [0.15, 0.2) is 30.3 Å². The van der Waals surface area contributed by atoms with Crippen LogP contribution >= 0.6 is 11.8 Å². The monoisotopic (exact) mass is 948 g/mol. The van der Waals surface area contributed by atoms with E-state index < -0.39 is 92.6 Å². The smallest absolute Gasteiger partial charge is 0.343 e. The maximum Gasteiger partial charge on any atom is 0.343 e. The first kappa shape index (κ1) is 50.5. The van der Waals surface area contributed by atoms with Crippen molar-refractivity contribution in [3.63, 3.8) is 0 Å². The number of fused-ring (bicyclic) bond motifs is 1. The molecule has 2 aliphatic heterocycles. The third-order valence-corrected chi connectivity index (χ3v) is 11.3. The van der Waals surface area contributed by atoms with Crippen LogP contribution in [0.25, 0.3) is 0 Å². The van der Waals surface area contributed by atoms with Gasteiger partial charge in [0.15, 0.2) is 23.3 Å². The summed E-state index contributed by atoms with van der Waals surface area (Å²) in [4.78, 5) is 62.4. The second-order valence-corrected chi connectivity index (χ2v) is 15.8. The fourth-order valence-electron chi connectivity index (χ4n) is 6.54. The van der Waals surface area contributed by atoms with Crippen LogP contribution in [-0.4, -0.2) is 106 Å². The Morgan fingerprint density at radius 2 is 1.06 bits per heavy atom. The Morgan fingerprint density at radius 3 is 1.58 bits per heavy atom. The second-order valence-electron chi connectivity index (χ2n) is 14.5. The van der Waals surface area contributed by atoms with Crippen LogP contribution in [0.5, 0.6) is 11.5 Å². The minimum Gasteiger partial charge on any atom is -0.416 e. The first-order chi connectivity index (χ1) is 31.1. The lowest BCUT2D eigenvalue weighted by molar-refractivity contribution is -0.121. The van der Waals surface area contributed by atoms with Crippen molar-refractivity contribution in [1.82, 2.24) is 21.3 Å². The molecule has 0 aliphatic carbocycles. The van der Waals surface area contributed by atoms with Crippen molar-refractivity contribution in [2.75, 3.05) is 58.5 Å². The molecule has 65 heavy (non-hydrogen) atoms. The van der Waals surface area contributed by atoms with Gasteiger partial charge in [0.2, 0.25) is 40.7 Å². The van der Waals surface area contributed by atoms with E-state index in [2.05, 4.69) is 30.7 Å². The topological polar surface area (TPSA) is 180 Å². The molecule has 2 heterocycles. The normalized spacial score (nSPS) is 16.4. The van der Waals surface area contributed by atoms with Gasteiger partial charge in [0.1, 0.15) is 0 Å². The Hall–Kier alpha value is -5.52.